The van der Waals surface area contributed by atoms with Gasteiger partial charge in [-0.1, -0.05) is 13.0 Å². The highest BCUT2D eigenvalue weighted by Gasteiger charge is 2.33. The van der Waals surface area contributed by atoms with E-state index in [1.807, 2.05) is 0 Å². The molecule has 1 aliphatic heterocycles. The average Bonchev–Trinajstić information content (AvgIpc) is 3.31. The van der Waals surface area contributed by atoms with Gasteiger partial charge in [-0.2, -0.15) is 18.4 Å². The molecule has 0 aliphatic carbocycles. The number of benzene rings is 1. The lowest BCUT2D eigenvalue weighted by atomic mass is 9.91. The Morgan fingerprint density at radius 1 is 1.26 bits per heavy atom. The molecule has 0 spiro atoms. The average molecular weight is 500 g/mol. The first-order valence-electron chi connectivity index (χ1n) is 10.6. The van der Waals surface area contributed by atoms with Gasteiger partial charge in [0.1, 0.15) is 11.7 Å². The number of fused-ring (bicyclic) bond motifs is 1. The van der Waals surface area contributed by atoms with Gasteiger partial charge in [0.25, 0.3) is 0 Å². The maximum atomic E-state index is 13.1. The topological polar surface area (TPSA) is 113 Å². The van der Waals surface area contributed by atoms with Crippen LogP contribution >= 0.6 is 11.8 Å². The summed E-state index contributed by atoms with van der Waals surface area (Å²) in [6.07, 6.45) is -3.54. The molecular formula is C24H20F3N5O2S. The van der Waals surface area contributed by atoms with E-state index in [2.05, 4.69) is 16.0 Å². The van der Waals surface area contributed by atoms with E-state index in [-0.39, 0.29) is 17.9 Å². The molecule has 7 nitrogen and oxygen atoms in total. The fraction of sp³-hybridized carbons (Fsp3) is 0.292. The first-order valence-corrected chi connectivity index (χ1v) is 11.8. The minimum absolute atomic E-state index is 0.0929. The molecule has 0 bridgehead atoms. The summed E-state index contributed by atoms with van der Waals surface area (Å²) in [6.45, 7) is 1.75. The van der Waals surface area contributed by atoms with Crippen LogP contribution in [0.3, 0.4) is 0 Å². The largest absolute Gasteiger partial charge is 0.433 e. The molecule has 2 atom stereocenters. The van der Waals surface area contributed by atoms with Crippen LogP contribution in [0.1, 0.15) is 45.7 Å². The zero-order valence-corrected chi connectivity index (χ0v) is 19.4. The van der Waals surface area contributed by atoms with Crippen molar-refractivity contribution in [2.24, 2.45) is 5.73 Å². The fourth-order valence-corrected chi connectivity index (χ4v) is 5.08. The van der Waals surface area contributed by atoms with Crippen molar-refractivity contribution in [3.8, 4) is 6.07 Å². The zero-order chi connectivity index (χ0) is 25.3. The monoisotopic (exact) mass is 499 g/mol. The second-order valence-corrected chi connectivity index (χ2v) is 9.18. The van der Waals surface area contributed by atoms with Gasteiger partial charge in [-0.25, -0.2) is 0 Å². The molecule has 180 valence electrons. The molecule has 1 aliphatic rings. The summed E-state index contributed by atoms with van der Waals surface area (Å²) in [4.78, 5) is 34.3. The molecule has 2 amide bonds. The van der Waals surface area contributed by atoms with Gasteiger partial charge in [-0.05, 0) is 41.5 Å². The quantitative estimate of drug-likeness (QED) is 0.570. The molecule has 1 saturated heterocycles. The number of pyridine rings is 2. The van der Waals surface area contributed by atoms with Crippen LogP contribution in [0, 0.1) is 11.3 Å². The van der Waals surface area contributed by atoms with Crippen molar-refractivity contribution >= 4 is 34.5 Å². The van der Waals surface area contributed by atoms with Crippen LogP contribution in [-0.2, 0) is 17.4 Å². The van der Waals surface area contributed by atoms with Crippen molar-refractivity contribution < 1.29 is 22.8 Å². The maximum absolute atomic E-state index is 13.1. The van der Waals surface area contributed by atoms with E-state index in [1.54, 1.807) is 25.1 Å². The highest BCUT2D eigenvalue weighted by atomic mass is 32.2. The highest BCUT2D eigenvalue weighted by Crippen LogP contribution is 2.33. The summed E-state index contributed by atoms with van der Waals surface area (Å²) >= 11 is 1.49. The molecule has 4 rings (SSSR count). The van der Waals surface area contributed by atoms with E-state index in [1.165, 1.54) is 28.8 Å². The summed E-state index contributed by atoms with van der Waals surface area (Å²) < 4.78 is 39.3. The molecule has 0 saturated carbocycles. The molecule has 35 heavy (non-hydrogen) atoms. The van der Waals surface area contributed by atoms with Crippen LogP contribution in [-0.4, -0.2) is 44.4 Å². The molecule has 2 N–H and O–H groups in total. The number of nitrogens with two attached hydrogens (primary N) is 1. The van der Waals surface area contributed by atoms with Crippen LogP contribution in [0.2, 0.25) is 0 Å². The Labute approximate surface area is 203 Å². The standard InChI is InChI=1S/C24H20F3N5O2S/c1-13(15-4-5-30-21(7-15)24(25,26)27)14-2-3-20-18(6-14)19(23(29)34)8-16(31-20)9-22(33)32-12-35-11-17(32)10-28/h2-8,13,17H,9,11-12H2,1H3,(H2,29,34)/t13-,17-/m1/s1. The first-order chi connectivity index (χ1) is 16.6. The van der Waals surface area contributed by atoms with Gasteiger partial charge in [-0.15, -0.1) is 11.8 Å². The molecule has 2 aromatic heterocycles. The Kier molecular flexibility index (Phi) is 6.67. The third-order valence-corrected chi connectivity index (χ3v) is 6.92. The van der Waals surface area contributed by atoms with Crippen molar-refractivity contribution in [2.75, 3.05) is 11.6 Å². The number of hydrogen-bond acceptors (Lipinski definition) is 6. The minimum atomic E-state index is -4.56. The molecule has 1 fully saturated rings. The van der Waals surface area contributed by atoms with Gasteiger partial charge in [0.05, 0.1) is 35.1 Å². The Morgan fingerprint density at radius 3 is 2.69 bits per heavy atom. The van der Waals surface area contributed by atoms with Gasteiger partial charge >= 0.3 is 6.18 Å². The molecule has 3 heterocycles. The third kappa shape index (κ3) is 5.07. The van der Waals surface area contributed by atoms with Crippen LogP contribution < -0.4 is 5.73 Å². The number of halogens is 3. The van der Waals surface area contributed by atoms with Crippen molar-refractivity contribution in [1.29, 1.82) is 5.26 Å². The Balaban J connectivity index is 1.68. The number of carbonyl (C=O) groups is 2. The second kappa shape index (κ2) is 9.54. The fourth-order valence-electron chi connectivity index (χ4n) is 3.98. The van der Waals surface area contributed by atoms with Gasteiger partial charge in [-0.3, -0.25) is 19.6 Å². The van der Waals surface area contributed by atoms with Crippen molar-refractivity contribution in [3.05, 3.63) is 70.7 Å². The highest BCUT2D eigenvalue weighted by molar-refractivity contribution is 7.99. The third-order valence-electron chi connectivity index (χ3n) is 5.91. The Morgan fingerprint density at radius 2 is 2.00 bits per heavy atom. The van der Waals surface area contributed by atoms with Gasteiger partial charge in [0.2, 0.25) is 11.8 Å². The smallest absolute Gasteiger partial charge is 0.366 e. The first kappa shape index (κ1) is 24.5. The van der Waals surface area contributed by atoms with Crippen LogP contribution in [0.4, 0.5) is 13.2 Å². The van der Waals surface area contributed by atoms with Gasteiger partial charge < -0.3 is 10.6 Å². The van der Waals surface area contributed by atoms with Crippen LogP contribution in [0.15, 0.2) is 42.6 Å². The molecular weight excluding hydrogens is 479 g/mol. The van der Waals surface area contributed by atoms with Crippen LogP contribution in [0.5, 0.6) is 0 Å². The molecule has 1 aromatic carbocycles. The normalized spacial score (nSPS) is 16.8. The zero-order valence-electron chi connectivity index (χ0n) is 18.5. The van der Waals surface area contributed by atoms with E-state index < -0.39 is 29.7 Å². The number of hydrogen-bond donors (Lipinski definition) is 1. The number of primary amides is 1. The van der Waals surface area contributed by atoms with Crippen molar-refractivity contribution in [3.63, 3.8) is 0 Å². The number of rotatable bonds is 5. The number of nitrogens with zero attached hydrogens (tertiary/aromatic N) is 4. The van der Waals surface area contributed by atoms with E-state index in [0.717, 1.165) is 12.3 Å². The predicted molar refractivity (Wildman–Crippen MR) is 124 cm³/mol. The maximum Gasteiger partial charge on any atom is 0.433 e. The van der Waals surface area contributed by atoms with Crippen LogP contribution in [0.25, 0.3) is 10.9 Å². The van der Waals surface area contributed by atoms with E-state index in [0.29, 0.717) is 39.4 Å². The van der Waals surface area contributed by atoms with E-state index in [9.17, 15) is 28.0 Å². The lowest BCUT2D eigenvalue weighted by molar-refractivity contribution is -0.141. The molecule has 0 unspecified atom stereocenters. The molecule has 11 heteroatoms. The second-order valence-electron chi connectivity index (χ2n) is 8.18. The summed E-state index contributed by atoms with van der Waals surface area (Å²) in [6, 6.07) is 10.6. The van der Waals surface area contributed by atoms with Gasteiger partial charge in [0.15, 0.2) is 0 Å². The molecule has 0 radical (unpaired) electrons. The summed E-state index contributed by atoms with van der Waals surface area (Å²) in [5, 5.41) is 9.66. The Hall–Kier alpha value is -3.65. The van der Waals surface area contributed by atoms with Crippen molar-refractivity contribution in [2.45, 2.75) is 31.5 Å². The molecule has 3 aromatic rings. The lowest BCUT2D eigenvalue weighted by Gasteiger charge is -2.19. The lowest BCUT2D eigenvalue weighted by Crippen LogP contribution is -2.36. The number of thioether (sulfide) groups is 1. The van der Waals surface area contributed by atoms with E-state index in [4.69, 9.17) is 5.73 Å². The SMILES string of the molecule is C[C@@H](c1ccnc(C(F)(F)F)c1)c1ccc2nc(CC(=O)N3CSC[C@H]3C#N)cc(C(N)=O)c2c1. The van der Waals surface area contributed by atoms with Crippen molar-refractivity contribution in [1.82, 2.24) is 14.9 Å². The number of aromatic nitrogens is 2. The van der Waals surface area contributed by atoms with E-state index >= 15 is 0 Å². The van der Waals surface area contributed by atoms with Gasteiger partial charge in [0, 0.05) is 23.3 Å². The minimum Gasteiger partial charge on any atom is -0.366 e. The predicted octanol–water partition coefficient (Wildman–Crippen LogP) is 3.87. The summed E-state index contributed by atoms with van der Waals surface area (Å²) in [5.74, 6) is -0.457. The number of alkyl halides is 3. The summed E-state index contributed by atoms with van der Waals surface area (Å²) in [5.41, 5.74) is 6.64. The number of amides is 2. The Bertz CT molecular complexity index is 1360. The summed E-state index contributed by atoms with van der Waals surface area (Å²) in [7, 11) is 0. The number of nitriles is 1. The number of carbonyl (C=O) groups excluding carboxylic acids is 2.